The Morgan fingerprint density at radius 1 is 1.15 bits per heavy atom. The molecule has 3 atom stereocenters. The van der Waals surface area contributed by atoms with Crippen LogP contribution < -0.4 is 0 Å². The van der Waals surface area contributed by atoms with Crippen LogP contribution in [0.5, 0.6) is 0 Å². The van der Waals surface area contributed by atoms with Crippen LogP contribution in [0.2, 0.25) is 0 Å². The molecule has 7 rings (SSSR count). The van der Waals surface area contributed by atoms with Gasteiger partial charge in [-0.1, -0.05) is 31.8 Å². The third-order valence-corrected chi connectivity index (χ3v) is 10.4. The van der Waals surface area contributed by atoms with Gasteiger partial charge < -0.3 is 14.3 Å². The number of hydrogen-bond donors (Lipinski definition) is 0. The van der Waals surface area contributed by atoms with Crippen molar-refractivity contribution in [1.29, 1.82) is 0 Å². The zero-order chi connectivity index (χ0) is 26.9. The van der Waals surface area contributed by atoms with E-state index in [9.17, 15) is 9.59 Å². The van der Waals surface area contributed by atoms with Crippen molar-refractivity contribution in [3.63, 3.8) is 0 Å². The maximum atomic E-state index is 13.3. The Morgan fingerprint density at radius 2 is 1.90 bits per heavy atom. The number of carbonyl (C=O) groups excluding carboxylic acids is 2. The Morgan fingerprint density at radius 3 is 2.59 bits per heavy atom. The number of likely N-dealkylation sites (tertiary alicyclic amines) is 2. The van der Waals surface area contributed by atoms with E-state index >= 15 is 0 Å². The molecule has 206 valence electrons. The Labute approximate surface area is 231 Å². The molecule has 2 aliphatic heterocycles. The summed E-state index contributed by atoms with van der Waals surface area (Å²) < 4.78 is 7.71. The molecular formula is C28H35N7O3S. The average molecular weight is 550 g/mol. The van der Waals surface area contributed by atoms with Crippen LogP contribution in [0.1, 0.15) is 97.8 Å². The third kappa shape index (κ3) is 4.20. The van der Waals surface area contributed by atoms with E-state index in [1.165, 1.54) is 37.0 Å². The lowest BCUT2D eigenvalue weighted by Gasteiger charge is -2.50. The molecule has 2 amide bonds. The summed E-state index contributed by atoms with van der Waals surface area (Å²) >= 11 is 1.35. The molecule has 4 fully saturated rings. The van der Waals surface area contributed by atoms with Crippen molar-refractivity contribution in [3.05, 3.63) is 46.3 Å². The van der Waals surface area contributed by atoms with E-state index in [-0.39, 0.29) is 40.5 Å². The average Bonchev–Trinajstić information content (AvgIpc) is 3.63. The molecule has 39 heavy (non-hydrogen) atoms. The van der Waals surface area contributed by atoms with Gasteiger partial charge in [0, 0.05) is 49.6 Å². The van der Waals surface area contributed by atoms with Crippen LogP contribution in [-0.4, -0.2) is 72.7 Å². The van der Waals surface area contributed by atoms with Gasteiger partial charge in [-0.15, -0.1) is 11.3 Å². The molecule has 0 N–H and O–H groups in total. The third-order valence-electron chi connectivity index (χ3n) is 9.64. The van der Waals surface area contributed by atoms with Crippen molar-refractivity contribution >= 4 is 23.2 Å². The van der Waals surface area contributed by atoms with E-state index in [2.05, 4.69) is 30.1 Å². The van der Waals surface area contributed by atoms with E-state index in [0.717, 1.165) is 12.1 Å². The number of nitrogens with zero attached hydrogens (tertiary/aromatic N) is 7. The summed E-state index contributed by atoms with van der Waals surface area (Å²) in [5.74, 6) is 1.87. The van der Waals surface area contributed by atoms with Gasteiger partial charge in [0.2, 0.25) is 5.91 Å². The highest BCUT2D eigenvalue weighted by atomic mass is 32.1. The smallest absolute Gasteiger partial charge is 0.265 e. The van der Waals surface area contributed by atoms with E-state index in [0.29, 0.717) is 48.7 Å². The number of hydrogen-bond acceptors (Lipinski definition) is 8. The second-order valence-corrected chi connectivity index (χ2v) is 13.7. The lowest BCUT2D eigenvalue weighted by Crippen LogP contribution is -2.62. The molecule has 1 spiro atoms. The molecule has 2 saturated carbocycles. The number of aromatic nitrogens is 5. The Kier molecular flexibility index (Phi) is 5.73. The molecule has 0 aromatic carbocycles. The minimum absolute atomic E-state index is 0.0273. The van der Waals surface area contributed by atoms with Gasteiger partial charge >= 0.3 is 0 Å². The molecule has 4 aliphatic rings. The largest absolute Gasteiger partial charge is 0.341 e. The van der Waals surface area contributed by atoms with Crippen molar-refractivity contribution in [1.82, 2.24) is 34.7 Å². The van der Waals surface area contributed by atoms with E-state index in [1.54, 1.807) is 11.7 Å². The maximum absolute atomic E-state index is 13.3. The van der Waals surface area contributed by atoms with Crippen molar-refractivity contribution < 1.29 is 14.1 Å². The Bertz CT molecular complexity index is 1380. The van der Waals surface area contributed by atoms with Gasteiger partial charge in [0.05, 0.1) is 23.3 Å². The fourth-order valence-corrected chi connectivity index (χ4v) is 7.52. The van der Waals surface area contributed by atoms with Crippen LogP contribution in [0.4, 0.5) is 0 Å². The highest BCUT2D eigenvalue weighted by molar-refractivity contribution is 7.11. The van der Waals surface area contributed by atoms with Crippen LogP contribution in [0.15, 0.2) is 28.5 Å². The molecule has 3 aromatic rings. The van der Waals surface area contributed by atoms with Gasteiger partial charge in [-0.05, 0) is 37.7 Å². The molecule has 5 heterocycles. The van der Waals surface area contributed by atoms with Gasteiger partial charge in [0.1, 0.15) is 10.9 Å². The summed E-state index contributed by atoms with van der Waals surface area (Å²) in [5, 5.41) is 9.27. The second-order valence-electron chi connectivity index (χ2n) is 12.8. The normalized spacial score (nSPS) is 26.2. The lowest BCUT2D eigenvalue weighted by atomic mass is 9.71. The van der Waals surface area contributed by atoms with Crippen molar-refractivity contribution in [2.75, 3.05) is 26.2 Å². The zero-order valence-corrected chi connectivity index (χ0v) is 23.6. The Balaban J connectivity index is 1.12. The fraction of sp³-hybridized carbons (Fsp3) is 0.643. The molecule has 2 saturated heterocycles. The summed E-state index contributed by atoms with van der Waals surface area (Å²) in [7, 11) is 0. The number of amides is 2. The van der Waals surface area contributed by atoms with Crippen molar-refractivity contribution in [2.24, 2.45) is 16.7 Å². The van der Waals surface area contributed by atoms with Crippen LogP contribution in [-0.2, 0) is 4.79 Å². The first-order valence-electron chi connectivity index (χ1n) is 14.1. The zero-order valence-electron chi connectivity index (χ0n) is 22.7. The molecule has 0 bridgehead atoms. The summed E-state index contributed by atoms with van der Waals surface area (Å²) in [6, 6.07) is 1.92. The van der Waals surface area contributed by atoms with E-state index in [1.807, 2.05) is 27.6 Å². The lowest BCUT2D eigenvalue weighted by molar-refractivity contribution is -0.145. The van der Waals surface area contributed by atoms with Crippen molar-refractivity contribution in [2.45, 2.75) is 70.8 Å². The highest BCUT2D eigenvalue weighted by Gasteiger charge is 2.61. The number of rotatable bonds is 6. The summed E-state index contributed by atoms with van der Waals surface area (Å²) in [5.41, 5.74) is 2.63. The van der Waals surface area contributed by atoms with Gasteiger partial charge in [0.15, 0.2) is 5.82 Å². The first-order chi connectivity index (χ1) is 18.7. The minimum atomic E-state index is -0.277. The van der Waals surface area contributed by atoms with E-state index in [4.69, 9.17) is 14.6 Å². The predicted molar refractivity (Wildman–Crippen MR) is 143 cm³/mol. The van der Waals surface area contributed by atoms with Crippen molar-refractivity contribution in [3.8, 4) is 0 Å². The molecule has 3 aromatic heterocycles. The molecule has 2 aliphatic carbocycles. The first-order valence-corrected chi connectivity index (χ1v) is 15.0. The minimum Gasteiger partial charge on any atom is -0.341 e. The quantitative estimate of drug-likeness (QED) is 0.455. The number of carbonyl (C=O) groups is 2. The van der Waals surface area contributed by atoms with Gasteiger partial charge in [-0.2, -0.15) is 10.1 Å². The monoisotopic (exact) mass is 549 g/mol. The molecular weight excluding hydrogens is 514 g/mol. The Hall–Kier alpha value is -3.08. The fourth-order valence-electron chi connectivity index (χ4n) is 6.93. The van der Waals surface area contributed by atoms with Crippen LogP contribution in [0.25, 0.3) is 0 Å². The standard InChI is InChI=1S/C28H35N7O3S/c1-17(35-9-8-21(31-35)18-6-4-5-7-18)24-30-23(32-38-24)20-12-33(26(37)22-11-29-16-39-22)13-28(20)14-34(15-28)25(36)19-10-27(19,2)3/h8-9,11,16-20H,4-7,10,12-15H2,1-3H3/t17-,19+,20-/m0/s1. The van der Waals surface area contributed by atoms with E-state index < -0.39 is 0 Å². The molecule has 11 heteroatoms. The van der Waals surface area contributed by atoms with Gasteiger partial charge in [-0.3, -0.25) is 19.3 Å². The summed E-state index contributed by atoms with van der Waals surface area (Å²) in [6.45, 7) is 8.60. The first kappa shape index (κ1) is 24.9. The molecule has 10 nitrogen and oxygen atoms in total. The summed E-state index contributed by atoms with van der Waals surface area (Å²) in [6.07, 6.45) is 9.51. The van der Waals surface area contributed by atoms with Gasteiger partial charge in [-0.25, -0.2) is 0 Å². The topological polar surface area (TPSA) is 110 Å². The highest BCUT2D eigenvalue weighted by Crippen LogP contribution is 2.55. The van der Waals surface area contributed by atoms with Crippen LogP contribution in [0, 0.1) is 16.7 Å². The molecule has 0 unspecified atom stereocenters. The second kappa shape index (κ2) is 8.97. The van der Waals surface area contributed by atoms with Crippen LogP contribution in [0.3, 0.4) is 0 Å². The number of thiazole rings is 1. The predicted octanol–water partition coefficient (Wildman–Crippen LogP) is 4.10. The molecule has 0 radical (unpaired) electrons. The maximum Gasteiger partial charge on any atom is 0.265 e. The van der Waals surface area contributed by atoms with Crippen LogP contribution >= 0.6 is 11.3 Å². The summed E-state index contributed by atoms with van der Waals surface area (Å²) in [4.78, 5) is 39.8. The van der Waals surface area contributed by atoms with Gasteiger partial charge in [0.25, 0.3) is 11.8 Å². The SMILES string of the molecule is C[C@@H](c1nc([C@@H]2CN(C(=O)c3cncs3)CC23CN(C(=O)[C@H]2CC2(C)C)C3)no1)n1ccc(C2CCCC2)n1.